The van der Waals surface area contributed by atoms with Crippen LogP contribution in [0.15, 0.2) is 125 Å². The van der Waals surface area contributed by atoms with E-state index in [9.17, 15) is 9.59 Å². The molecule has 0 atom stereocenters. The van der Waals surface area contributed by atoms with Gasteiger partial charge in [0, 0.05) is 33.4 Å². The van der Waals surface area contributed by atoms with E-state index in [4.69, 9.17) is 4.98 Å². The van der Waals surface area contributed by atoms with Crippen molar-refractivity contribution in [2.75, 3.05) is 0 Å². The largest absolute Gasteiger partial charge is 0.294 e. The monoisotopic (exact) mass is 465 g/mol. The lowest BCUT2D eigenvalue weighted by atomic mass is 10.0. The average molecular weight is 466 g/mol. The summed E-state index contributed by atoms with van der Waals surface area (Å²) in [6.07, 6.45) is 1.78. The van der Waals surface area contributed by atoms with Crippen LogP contribution in [0.4, 0.5) is 0 Å². The van der Waals surface area contributed by atoms with E-state index in [1.165, 1.54) is 4.57 Å². The molecule has 0 bridgehead atoms. The molecule has 0 fully saturated rings. The third kappa shape index (κ3) is 2.86. The first kappa shape index (κ1) is 20.4. The Morgan fingerprint density at radius 3 is 1.78 bits per heavy atom. The molecule has 5 heteroatoms. The predicted octanol–water partition coefficient (Wildman–Crippen LogP) is 6.00. The normalized spacial score (nSPS) is 11.6. The van der Waals surface area contributed by atoms with Gasteiger partial charge in [-0.1, -0.05) is 54.6 Å². The van der Waals surface area contributed by atoms with Crippen LogP contribution in [-0.4, -0.2) is 14.1 Å². The number of para-hydroxylation sites is 2. The zero-order valence-corrected chi connectivity index (χ0v) is 19.1. The minimum absolute atomic E-state index is 0.333. The van der Waals surface area contributed by atoms with Crippen molar-refractivity contribution in [1.82, 2.24) is 14.1 Å². The molecule has 36 heavy (non-hydrogen) atoms. The maximum atomic E-state index is 14.1. The standard InChI is InChI=1S/C31H19N3O2/c35-30-24-15-8-7-14-22(24)25-19-28-26(18-27(25)31(36)34(30)21-12-5-2-6-13-21)23-16-9-17-32-29(23)33(28)20-10-3-1-4-11-20/h1-19H. The second-order valence-electron chi connectivity index (χ2n) is 8.79. The Bertz CT molecular complexity index is 2080. The van der Waals surface area contributed by atoms with Crippen LogP contribution in [0, 0.1) is 0 Å². The van der Waals surface area contributed by atoms with Crippen molar-refractivity contribution in [1.29, 1.82) is 0 Å². The van der Waals surface area contributed by atoms with Gasteiger partial charge in [0.05, 0.1) is 11.2 Å². The second kappa shape index (κ2) is 7.75. The van der Waals surface area contributed by atoms with Gasteiger partial charge in [0.15, 0.2) is 0 Å². The number of rotatable bonds is 2. The van der Waals surface area contributed by atoms with Crippen molar-refractivity contribution in [2.45, 2.75) is 0 Å². The van der Waals surface area contributed by atoms with Gasteiger partial charge in [-0.25, -0.2) is 9.55 Å². The molecular weight excluding hydrogens is 446 g/mol. The van der Waals surface area contributed by atoms with E-state index in [1.54, 1.807) is 24.4 Å². The number of nitrogens with zero attached hydrogens (tertiary/aromatic N) is 3. The lowest BCUT2D eigenvalue weighted by Gasteiger charge is -2.07. The minimum Gasteiger partial charge on any atom is -0.294 e. The average Bonchev–Trinajstić information content (AvgIpc) is 3.22. The SMILES string of the molecule is O=c1c2ccccc2c2cc3c(cc2c(=O)n1-c1ccccc1)c1cccnc1n3-c1ccccc1. The molecule has 0 aliphatic heterocycles. The highest BCUT2D eigenvalue weighted by Crippen LogP contribution is 2.34. The quantitative estimate of drug-likeness (QED) is 0.315. The van der Waals surface area contributed by atoms with Crippen LogP contribution in [0.3, 0.4) is 0 Å². The van der Waals surface area contributed by atoms with E-state index in [0.29, 0.717) is 16.5 Å². The molecule has 0 aliphatic carbocycles. The summed E-state index contributed by atoms with van der Waals surface area (Å²) in [5.41, 5.74) is 2.59. The van der Waals surface area contributed by atoms with Gasteiger partial charge >= 0.3 is 0 Å². The van der Waals surface area contributed by atoms with E-state index in [0.717, 1.165) is 38.4 Å². The van der Waals surface area contributed by atoms with Gasteiger partial charge in [0.2, 0.25) is 0 Å². The van der Waals surface area contributed by atoms with Gasteiger partial charge in [-0.05, 0) is 65.4 Å². The van der Waals surface area contributed by atoms with Crippen molar-refractivity contribution in [3.63, 3.8) is 0 Å². The predicted molar refractivity (Wildman–Crippen MR) is 145 cm³/mol. The zero-order valence-electron chi connectivity index (χ0n) is 19.1. The third-order valence-electron chi connectivity index (χ3n) is 6.78. The second-order valence-corrected chi connectivity index (χ2v) is 8.79. The Hall–Kier alpha value is -5.03. The molecule has 0 saturated carbocycles. The molecule has 0 saturated heterocycles. The van der Waals surface area contributed by atoms with Crippen molar-refractivity contribution in [3.05, 3.63) is 136 Å². The number of hydrogen-bond acceptors (Lipinski definition) is 3. The number of hydrogen-bond donors (Lipinski definition) is 0. The molecule has 0 unspecified atom stereocenters. The maximum absolute atomic E-state index is 14.1. The van der Waals surface area contributed by atoms with Crippen LogP contribution < -0.4 is 11.1 Å². The Morgan fingerprint density at radius 2 is 1.06 bits per heavy atom. The summed E-state index contributed by atoms with van der Waals surface area (Å²) in [5.74, 6) is 0. The molecule has 4 aromatic carbocycles. The minimum atomic E-state index is -0.344. The molecule has 170 valence electrons. The van der Waals surface area contributed by atoms with Crippen molar-refractivity contribution in [3.8, 4) is 11.4 Å². The van der Waals surface area contributed by atoms with Crippen LogP contribution in [-0.2, 0) is 0 Å². The molecular formula is C31H19N3O2. The van der Waals surface area contributed by atoms with Crippen molar-refractivity contribution in [2.24, 2.45) is 0 Å². The summed E-state index contributed by atoms with van der Waals surface area (Å²) in [6.45, 7) is 0. The van der Waals surface area contributed by atoms with Gasteiger partial charge in [-0.15, -0.1) is 0 Å². The number of pyridine rings is 1. The van der Waals surface area contributed by atoms with E-state index in [1.807, 2.05) is 91.0 Å². The van der Waals surface area contributed by atoms with E-state index in [2.05, 4.69) is 4.57 Å². The summed E-state index contributed by atoms with van der Waals surface area (Å²) in [6, 6.07) is 34.4. The molecule has 7 aromatic rings. The molecule has 0 N–H and O–H groups in total. The number of aromatic nitrogens is 3. The molecule has 0 amide bonds. The fraction of sp³-hybridized carbons (Fsp3) is 0. The van der Waals surface area contributed by atoms with Crippen LogP contribution in [0.1, 0.15) is 0 Å². The van der Waals surface area contributed by atoms with Gasteiger partial charge in [-0.2, -0.15) is 0 Å². The van der Waals surface area contributed by atoms with Gasteiger partial charge in [-0.3, -0.25) is 14.2 Å². The summed E-state index contributed by atoms with van der Waals surface area (Å²) < 4.78 is 3.39. The van der Waals surface area contributed by atoms with Crippen LogP contribution >= 0.6 is 0 Å². The highest BCUT2D eigenvalue weighted by atomic mass is 16.2. The summed E-state index contributed by atoms with van der Waals surface area (Å²) in [5, 5.41) is 4.31. The van der Waals surface area contributed by atoms with Gasteiger partial charge in [0.25, 0.3) is 11.1 Å². The molecule has 3 heterocycles. The molecule has 0 radical (unpaired) electrons. The topological polar surface area (TPSA) is 56.9 Å². The Balaban J connectivity index is 1.76. The van der Waals surface area contributed by atoms with Gasteiger partial charge in [0.1, 0.15) is 5.65 Å². The highest BCUT2D eigenvalue weighted by Gasteiger charge is 2.18. The Labute approximate surface area is 205 Å². The molecule has 0 spiro atoms. The van der Waals surface area contributed by atoms with E-state index in [-0.39, 0.29) is 11.1 Å². The Kier molecular flexibility index (Phi) is 4.38. The first-order valence-corrected chi connectivity index (χ1v) is 11.7. The summed E-state index contributed by atoms with van der Waals surface area (Å²) >= 11 is 0. The van der Waals surface area contributed by atoms with Gasteiger partial charge < -0.3 is 0 Å². The first-order chi connectivity index (χ1) is 17.7. The first-order valence-electron chi connectivity index (χ1n) is 11.7. The van der Waals surface area contributed by atoms with Crippen molar-refractivity contribution >= 4 is 43.5 Å². The zero-order chi connectivity index (χ0) is 24.2. The summed E-state index contributed by atoms with van der Waals surface area (Å²) in [7, 11) is 0. The molecule has 5 nitrogen and oxygen atoms in total. The molecule has 7 rings (SSSR count). The third-order valence-corrected chi connectivity index (χ3v) is 6.78. The number of benzene rings is 4. The fourth-order valence-corrected chi connectivity index (χ4v) is 5.18. The van der Waals surface area contributed by atoms with Crippen LogP contribution in [0.25, 0.3) is 54.9 Å². The molecule has 3 aromatic heterocycles. The summed E-state index contributed by atoms with van der Waals surface area (Å²) in [4.78, 5) is 32.5. The van der Waals surface area contributed by atoms with Crippen molar-refractivity contribution < 1.29 is 0 Å². The van der Waals surface area contributed by atoms with E-state index < -0.39 is 0 Å². The fourth-order valence-electron chi connectivity index (χ4n) is 5.18. The van der Waals surface area contributed by atoms with Crippen LogP contribution in [0.2, 0.25) is 0 Å². The lowest BCUT2D eigenvalue weighted by Crippen LogP contribution is -2.28. The smallest absolute Gasteiger partial charge is 0.265 e. The van der Waals surface area contributed by atoms with E-state index >= 15 is 0 Å². The highest BCUT2D eigenvalue weighted by molar-refractivity contribution is 6.16. The Morgan fingerprint density at radius 1 is 0.472 bits per heavy atom. The lowest BCUT2D eigenvalue weighted by molar-refractivity contribution is 0.976. The maximum Gasteiger partial charge on any atom is 0.265 e. The van der Waals surface area contributed by atoms with Crippen LogP contribution in [0.5, 0.6) is 0 Å². The number of fused-ring (bicyclic) bond motifs is 6. The molecule has 0 aliphatic rings.